The molecule has 1 aliphatic carbocycles. The van der Waals surface area contributed by atoms with Crippen molar-refractivity contribution in [2.24, 2.45) is 0 Å². The Morgan fingerprint density at radius 3 is 2.80 bits per heavy atom. The lowest BCUT2D eigenvalue weighted by atomic mass is 10.1. The number of aliphatic hydroxyl groups excluding tert-OH is 1. The van der Waals surface area contributed by atoms with Crippen molar-refractivity contribution >= 4 is 5.91 Å². The Hall–Kier alpha value is -1.39. The van der Waals surface area contributed by atoms with Gasteiger partial charge >= 0.3 is 0 Å². The molecule has 1 saturated carbocycles. The quantitative estimate of drug-likeness (QED) is 0.900. The molecule has 1 heterocycles. The lowest BCUT2D eigenvalue weighted by Crippen LogP contribution is -2.50. The highest BCUT2D eigenvalue weighted by Gasteiger charge is 2.53. The van der Waals surface area contributed by atoms with E-state index < -0.39 is 5.72 Å². The Balaban J connectivity index is 1.92. The van der Waals surface area contributed by atoms with E-state index in [0.29, 0.717) is 25.0 Å². The van der Waals surface area contributed by atoms with Crippen molar-refractivity contribution in [3.63, 3.8) is 0 Å². The number of hydrogen-bond donors (Lipinski definition) is 1. The van der Waals surface area contributed by atoms with E-state index in [1.165, 1.54) is 0 Å². The predicted molar refractivity (Wildman–Crippen MR) is 75.2 cm³/mol. The number of benzene rings is 1. The van der Waals surface area contributed by atoms with Gasteiger partial charge in [-0.2, -0.15) is 0 Å². The molecule has 1 spiro atoms. The highest BCUT2D eigenvalue weighted by atomic mass is 16.5. The van der Waals surface area contributed by atoms with Gasteiger partial charge < -0.3 is 14.7 Å². The number of amides is 1. The Morgan fingerprint density at radius 2 is 2.20 bits per heavy atom. The van der Waals surface area contributed by atoms with Gasteiger partial charge in [0.2, 0.25) is 0 Å². The lowest BCUT2D eigenvalue weighted by molar-refractivity contribution is -0.0709. The molecule has 1 aromatic carbocycles. The molecule has 1 aliphatic heterocycles. The highest BCUT2D eigenvalue weighted by Crippen LogP contribution is 2.43. The average molecular weight is 275 g/mol. The first kappa shape index (κ1) is 13.6. The predicted octanol–water partition coefficient (Wildman–Crippen LogP) is 2.18. The summed E-state index contributed by atoms with van der Waals surface area (Å²) < 4.78 is 5.98. The second-order valence-corrected chi connectivity index (χ2v) is 5.76. The third-order valence-electron chi connectivity index (χ3n) is 4.48. The van der Waals surface area contributed by atoms with Crippen molar-refractivity contribution in [3.8, 4) is 0 Å². The van der Waals surface area contributed by atoms with E-state index in [9.17, 15) is 9.90 Å². The number of hydrogen-bond acceptors (Lipinski definition) is 3. The van der Waals surface area contributed by atoms with Crippen LogP contribution in [0.2, 0.25) is 0 Å². The fourth-order valence-electron chi connectivity index (χ4n) is 3.41. The zero-order valence-electron chi connectivity index (χ0n) is 11.8. The summed E-state index contributed by atoms with van der Waals surface area (Å²) in [6, 6.07) is 9.44. The minimum atomic E-state index is -0.590. The first-order valence-corrected chi connectivity index (χ1v) is 7.37. The van der Waals surface area contributed by atoms with Crippen molar-refractivity contribution in [1.82, 2.24) is 4.90 Å². The van der Waals surface area contributed by atoms with E-state index in [1.54, 1.807) is 0 Å². The minimum absolute atomic E-state index is 0.0176. The van der Waals surface area contributed by atoms with Gasteiger partial charge in [0, 0.05) is 12.0 Å². The molecule has 108 valence electrons. The molecule has 0 unspecified atom stereocenters. The average Bonchev–Trinajstić information content (AvgIpc) is 3.03. The molecule has 2 aliphatic rings. The molecule has 1 N–H and O–H groups in total. The summed E-state index contributed by atoms with van der Waals surface area (Å²) in [7, 11) is 0. The van der Waals surface area contributed by atoms with E-state index in [1.807, 2.05) is 35.2 Å². The van der Waals surface area contributed by atoms with Crippen LogP contribution in [0.1, 0.15) is 43.0 Å². The van der Waals surface area contributed by atoms with E-state index in [4.69, 9.17) is 4.74 Å². The van der Waals surface area contributed by atoms with E-state index in [0.717, 1.165) is 12.8 Å². The van der Waals surface area contributed by atoms with Gasteiger partial charge in [-0.05, 0) is 31.4 Å². The largest absolute Gasteiger partial charge is 0.393 e. The Morgan fingerprint density at radius 1 is 1.45 bits per heavy atom. The molecule has 20 heavy (non-hydrogen) atoms. The minimum Gasteiger partial charge on any atom is -0.393 e. The standard InChI is InChI=1S/C16H21NO3/c1-2-13-11-20-16(9-8-14(18)10-16)17(13)15(19)12-6-4-3-5-7-12/h3-7,13-14,18H,2,8-11H2,1H3/t13-,14+,16-/m0/s1. The molecule has 1 saturated heterocycles. The maximum Gasteiger partial charge on any atom is 0.256 e. The van der Waals surface area contributed by atoms with Gasteiger partial charge in [0.1, 0.15) is 5.72 Å². The first-order valence-electron chi connectivity index (χ1n) is 7.37. The van der Waals surface area contributed by atoms with Crippen molar-refractivity contribution in [3.05, 3.63) is 35.9 Å². The van der Waals surface area contributed by atoms with Crippen molar-refractivity contribution in [2.45, 2.75) is 50.5 Å². The molecule has 1 aromatic rings. The SMILES string of the molecule is CC[C@H]1CO[C@]2(CC[C@@H](O)C2)N1C(=O)c1ccccc1. The molecular formula is C16H21NO3. The molecule has 2 fully saturated rings. The van der Waals surface area contributed by atoms with Crippen LogP contribution in [0.4, 0.5) is 0 Å². The van der Waals surface area contributed by atoms with Crippen LogP contribution in [0.15, 0.2) is 30.3 Å². The van der Waals surface area contributed by atoms with Crippen LogP contribution in [0.3, 0.4) is 0 Å². The lowest BCUT2D eigenvalue weighted by Gasteiger charge is -2.36. The van der Waals surface area contributed by atoms with E-state index in [-0.39, 0.29) is 18.1 Å². The van der Waals surface area contributed by atoms with Gasteiger partial charge in [0.15, 0.2) is 0 Å². The van der Waals surface area contributed by atoms with Crippen LogP contribution in [0.5, 0.6) is 0 Å². The van der Waals surface area contributed by atoms with Gasteiger partial charge in [0.25, 0.3) is 5.91 Å². The molecule has 0 radical (unpaired) electrons. The zero-order valence-corrected chi connectivity index (χ0v) is 11.8. The number of nitrogens with zero attached hydrogens (tertiary/aromatic N) is 1. The molecular weight excluding hydrogens is 254 g/mol. The summed E-state index contributed by atoms with van der Waals surface area (Å²) in [5.74, 6) is 0.0176. The van der Waals surface area contributed by atoms with Crippen LogP contribution in [0, 0.1) is 0 Å². The van der Waals surface area contributed by atoms with Crippen LogP contribution < -0.4 is 0 Å². The monoisotopic (exact) mass is 275 g/mol. The molecule has 0 bridgehead atoms. The number of carbonyl (C=O) groups is 1. The summed E-state index contributed by atoms with van der Waals surface area (Å²) >= 11 is 0. The van der Waals surface area contributed by atoms with Crippen LogP contribution in [-0.2, 0) is 4.74 Å². The maximum atomic E-state index is 12.8. The molecule has 0 aromatic heterocycles. The van der Waals surface area contributed by atoms with Crippen molar-refractivity contribution in [2.75, 3.05) is 6.61 Å². The molecule has 4 heteroatoms. The number of carbonyl (C=O) groups excluding carboxylic acids is 1. The van der Waals surface area contributed by atoms with Crippen molar-refractivity contribution < 1.29 is 14.6 Å². The van der Waals surface area contributed by atoms with E-state index >= 15 is 0 Å². The van der Waals surface area contributed by atoms with Gasteiger partial charge in [-0.1, -0.05) is 25.1 Å². The smallest absolute Gasteiger partial charge is 0.256 e. The number of rotatable bonds is 2. The van der Waals surface area contributed by atoms with Gasteiger partial charge in [-0.3, -0.25) is 4.79 Å². The molecule has 1 amide bonds. The first-order chi connectivity index (χ1) is 9.66. The Kier molecular flexibility index (Phi) is 3.52. The Bertz CT molecular complexity index is 490. The maximum absolute atomic E-state index is 12.8. The highest BCUT2D eigenvalue weighted by molar-refractivity contribution is 5.95. The summed E-state index contributed by atoms with van der Waals surface area (Å²) in [6.07, 6.45) is 2.47. The van der Waals surface area contributed by atoms with Crippen LogP contribution in [-0.4, -0.2) is 40.4 Å². The van der Waals surface area contributed by atoms with Gasteiger partial charge in [-0.25, -0.2) is 0 Å². The summed E-state index contributed by atoms with van der Waals surface area (Å²) in [5, 5.41) is 9.87. The molecule has 4 nitrogen and oxygen atoms in total. The van der Waals surface area contributed by atoms with Crippen LogP contribution in [0.25, 0.3) is 0 Å². The van der Waals surface area contributed by atoms with Gasteiger partial charge in [0.05, 0.1) is 18.8 Å². The van der Waals surface area contributed by atoms with Gasteiger partial charge in [-0.15, -0.1) is 0 Å². The second kappa shape index (κ2) is 5.19. The van der Waals surface area contributed by atoms with Crippen molar-refractivity contribution in [1.29, 1.82) is 0 Å². The number of ether oxygens (including phenoxy) is 1. The van der Waals surface area contributed by atoms with E-state index in [2.05, 4.69) is 6.92 Å². The summed E-state index contributed by atoms with van der Waals surface area (Å²) in [6.45, 7) is 2.64. The molecule has 3 rings (SSSR count). The second-order valence-electron chi connectivity index (χ2n) is 5.76. The Labute approximate surface area is 119 Å². The molecule has 3 atom stereocenters. The third-order valence-corrected chi connectivity index (χ3v) is 4.48. The summed E-state index contributed by atoms with van der Waals surface area (Å²) in [4.78, 5) is 14.7. The topological polar surface area (TPSA) is 49.8 Å². The zero-order chi connectivity index (χ0) is 14.2. The summed E-state index contributed by atoms with van der Waals surface area (Å²) in [5.41, 5.74) is 0.102. The fraction of sp³-hybridized carbons (Fsp3) is 0.562. The number of aliphatic hydroxyl groups is 1. The van der Waals surface area contributed by atoms with Crippen LogP contribution >= 0.6 is 0 Å². The third kappa shape index (κ3) is 2.13. The fourth-order valence-corrected chi connectivity index (χ4v) is 3.41. The normalized spacial score (nSPS) is 33.0.